The summed E-state index contributed by atoms with van der Waals surface area (Å²) in [4.78, 5) is 10.6. The molecule has 1 aliphatic heterocycles. The highest BCUT2D eigenvalue weighted by molar-refractivity contribution is 14.1. The van der Waals surface area contributed by atoms with Gasteiger partial charge in [-0.2, -0.15) is 0 Å². The number of carbonyl (C=O) groups is 1. The Hall–Kier alpha value is 0.360. The number of carbonyl (C=O) groups excluding carboxylic acids is 1. The first-order chi connectivity index (χ1) is 3.79. The van der Waals surface area contributed by atoms with E-state index in [4.69, 9.17) is 0 Å². The van der Waals surface area contributed by atoms with E-state index in [0.717, 1.165) is 25.9 Å². The molecule has 0 radical (unpaired) electrons. The van der Waals surface area contributed by atoms with Crippen LogP contribution in [0.15, 0.2) is 0 Å². The highest BCUT2D eigenvalue weighted by Gasteiger charge is 2.12. The Morgan fingerprint density at radius 3 is 2.25 bits per heavy atom. The Morgan fingerprint density at radius 1 is 1.38 bits per heavy atom. The maximum absolute atomic E-state index is 10.6. The number of hydrogen-bond acceptors (Lipinski definition) is 2. The van der Waals surface area contributed by atoms with Gasteiger partial charge in [-0.1, -0.05) is 0 Å². The molecule has 0 atom stereocenters. The van der Waals surface area contributed by atoms with Gasteiger partial charge >= 0.3 is 0 Å². The van der Waals surface area contributed by atoms with Crippen LogP contribution in [0.5, 0.6) is 0 Å². The summed E-state index contributed by atoms with van der Waals surface area (Å²) in [5, 5.41) is 0. The molecule has 1 heterocycles. The predicted octanol–water partition coefficient (Wildman–Crippen LogP) is 1.00. The van der Waals surface area contributed by atoms with E-state index in [1.807, 2.05) is 0 Å². The number of hydrogen-bond donors (Lipinski definition) is 0. The number of piperidine rings is 1. The molecule has 0 aromatic carbocycles. The molecule has 46 valence electrons. The van der Waals surface area contributed by atoms with E-state index in [-0.39, 0.29) is 0 Å². The summed E-state index contributed by atoms with van der Waals surface area (Å²) in [6.45, 7) is 1.89. The summed E-state index contributed by atoms with van der Waals surface area (Å²) in [7, 11) is 0. The quantitative estimate of drug-likeness (QED) is 0.452. The molecular formula is C5H8INO. The van der Waals surface area contributed by atoms with Gasteiger partial charge in [0.2, 0.25) is 0 Å². The smallest absolute Gasteiger partial charge is 0.135 e. The third kappa shape index (κ3) is 1.70. The van der Waals surface area contributed by atoms with E-state index >= 15 is 0 Å². The van der Waals surface area contributed by atoms with E-state index in [2.05, 4.69) is 26.0 Å². The molecule has 0 amide bonds. The molecule has 0 aliphatic carbocycles. The zero-order valence-electron chi connectivity index (χ0n) is 4.56. The van der Waals surface area contributed by atoms with Crippen molar-refractivity contribution in [1.29, 1.82) is 0 Å². The van der Waals surface area contributed by atoms with Crippen molar-refractivity contribution in [2.45, 2.75) is 12.8 Å². The van der Waals surface area contributed by atoms with E-state index in [9.17, 15) is 4.79 Å². The van der Waals surface area contributed by atoms with Crippen molar-refractivity contribution in [2.75, 3.05) is 13.1 Å². The summed E-state index contributed by atoms with van der Waals surface area (Å²) in [5.74, 6) is 0.415. The number of Topliss-reactive ketones (excluding diaryl/α,β-unsaturated/α-hetero) is 1. The fourth-order valence-electron chi connectivity index (χ4n) is 0.729. The lowest BCUT2D eigenvalue weighted by Crippen LogP contribution is -2.25. The molecule has 1 rings (SSSR count). The van der Waals surface area contributed by atoms with Crippen LogP contribution in [0.4, 0.5) is 0 Å². The van der Waals surface area contributed by atoms with Crippen molar-refractivity contribution in [1.82, 2.24) is 3.11 Å². The molecule has 0 aromatic rings. The molecule has 0 spiro atoms. The van der Waals surface area contributed by atoms with Crippen molar-refractivity contribution in [3.8, 4) is 0 Å². The third-order valence-corrected chi connectivity index (χ3v) is 2.23. The van der Waals surface area contributed by atoms with Crippen molar-refractivity contribution < 1.29 is 4.79 Å². The van der Waals surface area contributed by atoms with Crippen molar-refractivity contribution in [2.24, 2.45) is 0 Å². The van der Waals surface area contributed by atoms with Gasteiger partial charge in [0, 0.05) is 48.8 Å². The summed E-state index contributed by atoms with van der Waals surface area (Å²) in [6, 6.07) is 0. The zero-order valence-corrected chi connectivity index (χ0v) is 6.72. The van der Waals surface area contributed by atoms with Gasteiger partial charge in [-0.3, -0.25) is 4.79 Å². The maximum Gasteiger partial charge on any atom is 0.135 e. The van der Waals surface area contributed by atoms with Gasteiger partial charge in [-0.05, 0) is 0 Å². The van der Waals surface area contributed by atoms with Crippen LogP contribution in [0.3, 0.4) is 0 Å². The molecule has 1 aliphatic rings. The van der Waals surface area contributed by atoms with Gasteiger partial charge < -0.3 is 0 Å². The molecular weight excluding hydrogens is 217 g/mol. The molecule has 0 bridgehead atoms. The Morgan fingerprint density at radius 2 is 1.88 bits per heavy atom. The third-order valence-electron chi connectivity index (χ3n) is 1.27. The van der Waals surface area contributed by atoms with Gasteiger partial charge in [0.15, 0.2) is 0 Å². The second-order valence-corrected chi connectivity index (χ2v) is 3.31. The molecule has 0 N–H and O–H groups in total. The van der Waals surface area contributed by atoms with E-state index in [0.29, 0.717) is 5.78 Å². The summed E-state index contributed by atoms with van der Waals surface area (Å²) in [6.07, 6.45) is 1.51. The van der Waals surface area contributed by atoms with Crippen LogP contribution >= 0.6 is 22.9 Å². The topological polar surface area (TPSA) is 20.3 Å². The fourth-order valence-corrected chi connectivity index (χ4v) is 1.21. The van der Waals surface area contributed by atoms with Crippen LogP contribution in [0.25, 0.3) is 0 Å². The predicted molar refractivity (Wildman–Crippen MR) is 39.8 cm³/mol. The lowest BCUT2D eigenvalue weighted by atomic mass is 10.1. The van der Waals surface area contributed by atoms with E-state index in [1.165, 1.54) is 0 Å². The molecule has 0 unspecified atom stereocenters. The maximum atomic E-state index is 10.6. The van der Waals surface area contributed by atoms with Crippen LogP contribution in [-0.2, 0) is 4.79 Å². The van der Waals surface area contributed by atoms with Crippen LogP contribution in [0.2, 0.25) is 0 Å². The van der Waals surface area contributed by atoms with Crippen LogP contribution in [-0.4, -0.2) is 22.0 Å². The highest BCUT2D eigenvalue weighted by atomic mass is 127. The van der Waals surface area contributed by atoms with Crippen LogP contribution in [0.1, 0.15) is 12.8 Å². The Balaban J connectivity index is 2.29. The first-order valence-electron chi connectivity index (χ1n) is 2.71. The average Bonchev–Trinajstić information content (AvgIpc) is 1.77. The van der Waals surface area contributed by atoms with Crippen molar-refractivity contribution >= 4 is 28.6 Å². The molecule has 0 saturated carbocycles. The number of halogens is 1. The number of nitrogens with zero attached hydrogens (tertiary/aromatic N) is 1. The minimum Gasteiger partial charge on any atom is -0.300 e. The van der Waals surface area contributed by atoms with Crippen molar-refractivity contribution in [3.63, 3.8) is 0 Å². The summed E-state index contributed by atoms with van der Waals surface area (Å²) < 4.78 is 2.15. The minimum absolute atomic E-state index is 0.415. The van der Waals surface area contributed by atoms with E-state index in [1.54, 1.807) is 0 Å². The van der Waals surface area contributed by atoms with Gasteiger partial charge in [0.1, 0.15) is 5.78 Å². The molecule has 1 saturated heterocycles. The summed E-state index contributed by atoms with van der Waals surface area (Å²) in [5.41, 5.74) is 0. The van der Waals surface area contributed by atoms with Gasteiger partial charge in [-0.15, -0.1) is 0 Å². The lowest BCUT2D eigenvalue weighted by Gasteiger charge is -2.17. The average molecular weight is 225 g/mol. The van der Waals surface area contributed by atoms with Gasteiger partial charge in [0.25, 0.3) is 0 Å². The molecule has 0 aromatic heterocycles. The first kappa shape index (κ1) is 6.48. The Kier molecular flexibility index (Phi) is 2.25. The molecule has 3 heteroatoms. The second-order valence-electron chi connectivity index (χ2n) is 1.95. The van der Waals surface area contributed by atoms with Crippen LogP contribution < -0.4 is 0 Å². The Labute approximate surface area is 62.7 Å². The van der Waals surface area contributed by atoms with Gasteiger partial charge in [-0.25, -0.2) is 3.11 Å². The second kappa shape index (κ2) is 2.77. The molecule has 1 fully saturated rings. The minimum atomic E-state index is 0.415. The van der Waals surface area contributed by atoms with Gasteiger partial charge in [0.05, 0.1) is 0 Å². The monoisotopic (exact) mass is 225 g/mol. The first-order valence-corrected chi connectivity index (χ1v) is 3.68. The van der Waals surface area contributed by atoms with Crippen LogP contribution in [0, 0.1) is 0 Å². The molecule has 2 nitrogen and oxygen atoms in total. The SMILES string of the molecule is O=C1CCN(I)CC1. The zero-order chi connectivity index (χ0) is 5.98. The number of ketones is 1. The van der Waals surface area contributed by atoms with Crippen molar-refractivity contribution in [3.05, 3.63) is 0 Å². The fraction of sp³-hybridized carbons (Fsp3) is 0.800. The standard InChI is InChI=1S/C5H8INO/c6-7-3-1-5(8)2-4-7/h1-4H2. The number of rotatable bonds is 0. The lowest BCUT2D eigenvalue weighted by molar-refractivity contribution is -0.120. The normalized spacial score (nSPS) is 23.9. The highest BCUT2D eigenvalue weighted by Crippen LogP contribution is 2.08. The molecule has 8 heavy (non-hydrogen) atoms. The largest absolute Gasteiger partial charge is 0.300 e. The van der Waals surface area contributed by atoms with E-state index < -0.39 is 0 Å². The Bertz CT molecular complexity index is 94.6. The summed E-state index contributed by atoms with van der Waals surface area (Å²) >= 11 is 2.25.